The zero-order valence-corrected chi connectivity index (χ0v) is 8.18. The van der Waals surface area contributed by atoms with Gasteiger partial charge in [-0.25, -0.2) is 8.78 Å². The zero-order chi connectivity index (χ0) is 10.7. The average Bonchev–Trinajstić information content (AvgIpc) is 2.17. The van der Waals surface area contributed by atoms with Crippen LogP contribution in [0.25, 0.3) is 0 Å². The van der Waals surface area contributed by atoms with E-state index in [1.807, 2.05) is 0 Å². The number of aryl methyl sites for hydroxylation is 1. The number of alkyl halides is 3. The number of hydrogen-bond acceptors (Lipinski definition) is 2. The Morgan fingerprint density at radius 2 is 2.29 bits per heavy atom. The quantitative estimate of drug-likeness (QED) is 0.578. The molecule has 0 saturated carbocycles. The largest absolute Gasteiger partial charge is 0.298 e. The van der Waals surface area contributed by atoms with Crippen LogP contribution in [-0.4, -0.2) is 11.3 Å². The summed E-state index contributed by atoms with van der Waals surface area (Å²) in [6.07, 6.45) is -1.04. The molecule has 0 radical (unpaired) electrons. The Labute approximate surface area is 84.9 Å². The molecule has 5 heteroatoms. The third-order valence-corrected chi connectivity index (χ3v) is 2.21. The van der Waals surface area contributed by atoms with E-state index in [1.54, 1.807) is 0 Å². The Morgan fingerprint density at radius 3 is 2.71 bits per heavy atom. The molecule has 0 saturated heterocycles. The number of halogens is 3. The van der Waals surface area contributed by atoms with Crippen molar-refractivity contribution >= 4 is 17.9 Å². The van der Waals surface area contributed by atoms with Crippen LogP contribution in [0.3, 0.4) is 0 Å². The molecule has 2 nitrogen and oxygen atoms in total. The lowest BCUT2D eigenvalue weighted by Gasteiger charge is -2.10. The maximum absolute atomic E-state index is 12.6. The number of nitrogens with zero attached hydrogens (tertiary/aromatic N) is 1. The molecule has 0 bridgehead atoms. The van der Waals surface area contributed by atoms with E-state index in [1.165, 1.54) is 13.1 Å². The van der Waals surface area contributed by atoms with Crippen molar-refractivity contribution in [3.05, 3.63) is 28.6 Å². The third kappa shape index (κ3) is 1.90. The molecule has 0 aliphatic heterocycles. The van der Waals surface area contributed by atoms with Crippen LogP contribution in [0.15, 0.2) is 6.20 Å². The highest BCUT2D eigenvalue weighted by Crippen LogP contribution is 2.27. The number of aldehydes is 1. The number of hydrogen-bond donors (Lipinski definition) is 0. The van der Waals surface area contributed by atoms with Gasteiger partial charge in [0.25, 0.3) is 6.43 Å². The maximum atomic E-state index is 12.6. The number of carbonyl (C=O) groups excluding carboxylic acids is 1. The molecular weight excluding hydrogens is 212 g/mol. The number of rotatable bonds is 3. The second kappa shape index (κ2) is 4.46. The highest BCUT2D eigenvalue weighted by atomic mass is 35.5. The average molecular weight is 220 g/mol. The van der Waals surface area contributed by atoms with Crippen LogP contribution in [0.1, 0.15) is 33.6 Å². The van der Waals surface area contributed by atoms with Crippen molar-refractivity contribution in [3.8, 4) is 0 Å². The first-order valence-electron chi connectivity index (χ1n) is 3.89. The second-order valence-corrected chi connectivity index (χ2v) is 3.02. The normalized spacial score (nSPS) is 10.6. The number of aromatic nitrogens is 1. The molecule has 0 spiro atoms. The summed E-state index contributed by atoms with van der Waals surface area (Å²) in [5, 5.41) is 0. The lowest BCUT2D eigenvalue weighted by Crippen LogP contribution is -2.03. The highest BCUT2D eigenvalue weighted by molar-refractivity contribution is 6.17. The minimum absolute atomic E-state index is 0.0573. The summed E-state index contributed by atoms with van der Waals surface area (Å²) < 4.78 is 25.2. The Balaban J connectivity index is 3.43. The molecule has 1 aromatic heterocycles. The van der Waals surface area contributed by atoms with E-state index >= 15 is 0 Å². The first-order chi connectivity index (χ1) is 6.61. The van der Waals surface area contributed by atoms with Gasteiger partial charge in [0, 0.05) is 28.9 Å². The van der Waals surface area contributed by atoms with E-state index in [9.17, 15) is 13.6 Å². The van der Waals surface area contributed by atoms with E-state index in [0.717, 1.165) is 0 Å². The SMILES string of the molecule is Cc1ncc(CCl)c(C(F)F)c1C=O. The van der Waals surface area contributed by atoms with Gasteiger partial charge in [-0.2, -0.15) is 0 Å². The van der Waals surface area contributed by atoms with Gasteiger partial charge in [0.05, 0.1) is 0 Å². The van der Waals surface area contributed by atoms with Crippen LogP contribution in [0.5, 0.6) is 0 Å². The van der Waals surface area contributed by atoms with E-state index in [2.05, 4.69) is 4.98 Å². The second-order valence-electron chi connectivity index (χ2n) is 2.75. The predicted molar refractivity (Wildman–Crippen MR) is 48.9 cm³/mol. The number of carbonyl (C=O) groups is 1. The number of pyridine rings is 1. The summed E-state index contributed by atoms with van der Waals surface area (Å²) >= 11 is 5.47. The molecule has 0 N–H and O–H groups in total. The summed E-state index contributed by atoms with van der Waals surface area (Å²) in [5.74, 6) is -0.0756. The Bertz CT molecular complexity index is 355. The molecule has 0 aliphatic carbocycles. The summed E-state index contributed by atoms with van der Waals surface area (Å²) in [5.41, 5.74) is 0.138. The Kier molecular flexibility index (Phi) is 3.52. The topological polar surface area (TPSA) is 30.0 Å². The highest BCUT2D eigenvalue weighted by Gasteiger charge is 2.19. The molecule has 0 aliphatic rings. The van der Waals surface area contributed by atoms with Gasteiger partial charge in [-0.05, 0) is 12.5 Å². The van der Waals surface area contributed by atoms with Crippen LogP contribution in [-0.2, 0) is 5.88 Å². The summed E-state index contributed by atoms with van der Waals surface area (Å²) in [6.45, 7) is 1.51. The molecule has 1 rings (SSSR count). The van der Waals surface area contributed by atoms with Gasteiger partial charge >= 0.3 is 0 Å². The predicted octanol–water partition coefficient (Wildman–Crippen LogP) is 2.88. The fourth-order valence-electron chi connectivity index (χ4n) is 1.19. The molecular formula is C9H8ClF2NO. The first-order valence-corrected chi connectivity index (χ1v) is 4.43. The van der Waals surface area contributed by atoms with Gasteiger partial charge in [-0.15, -0.1) is 11.6 Å². The fraction of sp³-hybridized carbons (Fsp3) is 0.333. The summed E-state index contributed by atoms with van der Waals surface area (Å²) in [4.78, 5) is 14.4. The maximum Gasteiger partial charge on any atom is 0.264 e. The zero-order valence-electron chi connectivity index (χ0n) is 7.43. The van der Waals surface area contributed by atoms with Gasteiger partial charge in [-0.1, -0.05) is 0 Å². The van der Waals surface area contributed by atoms with E-state index < -0.39 is 6.43 Å². The van der Waals surface area contributed by atoms with Crippen LogP contribution in [0, 0.1) is 6.92 Å². The van der Waals surface area contributed by atoms with E-state index in [4.69, 9.17) is 11.6 Å². The van der Waals surface area contributed by atoms with Gasteiger partial charge < -0.3 is 0 Å². The monoisotopic (exact) mass is 219 g/mol. The Hall–Kier alpha value is -1.03. The van der Waals surface area contributed by atoms with E-state index in [-0.39, 0.29) is 22.6 Å². The van der Waals surface area contributed by atoms with E-state index in [0.29, 0.717) is 12.0 Å². The molecule has 0 atom stereocenters. The van der Waals surface area contributed by atoms with Crippen LogP contribution < -0.4 is 0 Å². The van der Waals surface area contributed by atoms with Crippen molar-refractivity contribution in [2.45, 2.75) is 19.2 Å². The Morgan fingerprint density at radius 1 is 1.64 bits per heavy atom. The van der Waals surface area contributed by atoms with Crippen molar-refractivity contribution in [2.75, 3.05) is 0 Å². The van der Waals surface area contributed by atoms with Gasteiger partial charge in [0.2, 0.25) is 0 Å². The van der Waals surface area contributed by atoms with Crippen molar-refractivity contribution in [2.24, 2.45) is 0 Å². The smallest absolute Gasteiger partial charge is 0.264 e. The van der Waals surface area contributed by atoms with Crippen LogP contribution in [0.4, 0.5) is 8.78 Å². The van der Waals surface area contributed by atoms with Crippen LogP contribution in [0.2, 0.25) is 0 Å². The molecule has 1 heterocycles. The van der Waals surface area contributed by atoms with Crippen molar-refractivity contribution in [1.29, 1.82) is 0 Å². The lowest BCUT2D eigenvalue weighted by atomic mass is 10.0. The van der Waals surface area contributed by atoms with Gasteiger partial charge in [0.15, 0.2) is 6.29 Å². The molecule has 76 valence electrons. The minimum Gasteiger partial charge on any atom is -0.298 e. The van der Waals surface area contributed by atoms with Crippen molar-refractivity contribution in [3.63, 3.8) is 0 Å². The van der Waals surface area contributed by atoms with Crippen molar-refractivity contribution in [1.82, 2.24) is 4.98 Å². The molecule has 0 amide bonds. The lowest BCUT2D eigenvalue weighted by molar-refractivity contribution is 0.110. The third-order valence-electron chi connectivity index (χ3n) is 1.92. The van der Waals surface area contributed by atoms with Gasteiger partial charge in [-0.3, -0.25) is 9.78 Å². The van der Waals surface area contributed by atoms with Crippen LogP contribution >= 0.6 is 11.6 Å². The molecule has 14 heavy (non-hydrogen) atoms. The molecule has 0 unspecified atom stereocenters. The first kappa shape index (κ1) is 11.0. The standard InChI is InChI=1S/C9H8ClF2NO/c1-5-7(4-14)8(9(11)12)6(2-10)3-13-5/h3-4,9H,2H2,1H3. The molecule has 0 fully saturated rings. The minimum atomic E-state index is -2.70. The molecule has 1 aromatic rings. The summed E-state index contributed by atoms with van der Waals surface area (Å²) in [7, 11) is 0. The van der Waals surface area contributed by atoms with Gasteiger partial charge in [0.1, 0.15) is 0 Å². The summed E-state index contributed by atoms with van der Waals surface area (Å²) in [6, 6.07) is 0. The fourth-order valence-corrected chi connectivity index (χ4v) is 1.41. The van der Waals surface area contributed by atoms with Crippen molar-refractivity contribution < 1.29 is 13.6 Å². The molecule has 0 aromatic carbocycles.